The molecule has 15 heavy (non-hydrogen) atoms. The van der Waals surface area contributed by atoms with Crippen molar-refractivity contribution in [2.45, 2.75) is 33.3 Å². The van der Waals surface area contributed by atoms with Crippen molar-refractivity contribution < 1.29 is 9.15 Å². The molecule has 0 N–H and O–H groups in total. The van der Waals surface area contributed by atoms with Crippen molar-refractivity contribution in [2.24, 2.45) is 5.41 Å². The predicted molar refractivity (Wildman–Crippen MR) is 65.2 cm³/mol. The maximum atomic E-state index is 5.69. The maximum absolute atomic E-state index is 5.69. The van der Waals surface area contributed by atoms with Crippen LogP contribution in [0.2, 0.25) is 0 Å². The van der Waals surface area contributed by atoms with Gasteiger partial charge in [-0.3, -0.25) is 0 Å². The second-order valence-corrected chi connectivity index (χ2v) is 4.47. The van der Waals surface area contributed by atoms with Gasteiger partial charge < -0.3 is 9.15 Å². The third kappa shape index (κ3) is 3.65. The second-order valence-electron chi connectivity index (χ2n) is 3.91. The average Bonchev–Trinajstić information content (AvgIpc) is 2.78. The van der Waals surface area contributed by atoms with Crippen LogP contribution in [0.5, 0.6) is 0 Å². The van der Waals surface area contributed by atoms with Crippen LogP contribution >= 0.6 is 15.9 Å². The first-order valence-corrected chi connectivity index (χ1v) is 6.54. The molecule has 0 atom stereocenters. The Hall–Kier alpha value is -0.280. The number of halogens is 1. The molecule has 0 bridgehead atoms. The highest BCUT2D eigenvalue weighted by atomic mass is 79.9. The van der Waals surface area contributed by atoms with E-state index < -0.39 is 0 Å². The molecule has 0 spiro atoms. The van der Waals surface area contributed by atoms with Gasteiger partial charge in [0.15, 0.2) is 0 Å². The predicted octanol–water partition coefficient (Wildman–Crippen LogP) is 4.00. The fraction of sp³-hybridized carbons (Fsp3) is 0.667. The molecule has 0 unspecified atom stereocenters. The molecule has 0 aliphatic carbocycles. The largest absolute Gasteiger partial charge is 0.467 e. The highest BCUT2D eigenvalue weighted by Crippen LogP contribution is 2.29. The molecule has 1 rings (SSSR count). The van der Waals surface area contributed by atoms with Gasteiger partial charge in [-0.25, -0.2) is 0 Å². The molecule has 0 aromatic carbocycles. The Balaban J connectivity index is 2.34. The lowest BCUT2D eigenvalue weighted by molar-refractivity contribution is 0.0332. The van der Waals surface area contributed by atoms with Gasteiger partial charge in [-0.05, 0) is 25.0 Å². The smallest absolute Gasteiger partial charge is 0.129 e. The number of alkyl halides is 1. The summed E-state index contributed by atoms with van der Waals surface area (Å²) >= 11 is 3.57. The molecule has 0 radical (unpaired) electrons. The normalized spacial score (nSPS) is 11.9. The van der Waals surface area contributed by atoms with E-state index in [9.17, 15) is 0 Å². The first kappa shape index (κ1) is 12.8. The molecule has 1 aromatic rings. The van der Waals surface area contributed by atoms with E-state index in [4.69, 9.17) is 9.15 Å². The first-order chi connectivity index (χ1) is 7.26. The van der Waals surface area contributed by atoms with Crippen LogP contribution in [0, 0.1) is 5.41 Å². The molecule has 0 saturated heterocycles. The van der Waals surface area contributed by atoms with E-state index in [2.05, 4.69) is 29.8 Å². The van der Waals surface area contributed by atoms with Gasteiger partial charge in [-0.1, -0.05) is 29.8 Å². The molecular formula is C12H19BrO2. The fourth-order valence-corrected chi connectivity index (χ4v) is 2.40. The molecule has 3 heteroatoms. The summed E-state index contributed by atoms with van der Waals surface area (Å²) in [4.78, 5) is 0. The Kier molecular flexibility index (Phi) is 5.40. The molecule has 0 saturated carbocycles. The Morgan fingerprint density at radius 2 is 2.13 bits per heavy atom. The van der Waals surface area contributed by atoms with Gasteiger partial charge in [0.25, 0.3) is 0 Å². The van der Waals surface area contributed by atoms with Crippen LogP contribution in [0.25, 0.3) is 0 Å². The van der Waals surface area contributed by atoms with Crippen molar-refractivity contribution >= 4 is 15.9 Å². The third-order valence-corrected chi connectivity index (χ3v) is 4.21. The SMILES string of the molecule is CCC(CC)(CBr)COCc1ccco1. The van der Waals surface area contributed by atoms with Crippen LogP contribution in [0.4, 0.5) is 0 Å². The van der Waals surface area contributed by atoms with Crippen LogP contribution in [0.1, 0.15) is 32.4 Å². The Morgan fingerprint density at radius 1 is 1.40 bits per heavy atom. The Morgan fingerprint density at radius 3 is 2.60 bits per heavy atom. The van der Waals surface area contributed by atoms with Crippen LogP contribution in [-0.2, 0) is 11.3 Å². The van der Waals surface area contributed by atoms with Crippen molar-refractivity contribution in [3.8, 4) is 0 Å². The van der Waals surface area contributed by atoms with Gasteiger partial charge in [-0.2, -0.15) is 0 Å². The lowest BCUT2D eigenvalue weighted by atomic mass is 9.86. The maximum Gasteiger partial charge on any atom is 0.129 e. The highest BCUT2D eigenvalue weighted by Gasteiger charge is 2.24. The number of rotatable bonds is 7. The van der Waals surface area contributed by atoms with E-state index in [-0.39, 0.29) is 5.41 Å². The number of hydrogen-bond donors (Lipinski definition) is 0. The fourth-order valence-electron chi connectivity index (χ4n) is 1.44. The van der Waals surface area contributed by atoms with E-state index in [0.717, 1.165) is 30.5 Å². The van der Waals surface area contributed by atoms with Gasteiger partial charge in [0.1, 0.15) is 12.4 Å². The Labute approximate surface area is 100 Å². The molecule has 1 aromatic heterocycles. The quantitative estimate of drug-likeness (QED) is 0.702. The molecular weight excluding hydrogens is 256 g/mol. The average molecular weight is 275 g/mol. The van der Waals surface area contributed by atoms with Gasteiger partial charge in [0.2, 0.25) is 0 Å². The minimum atomic E-state index is 0.270. The van der Waals surface area contributed by atoms with Gasteiger partial charge >= 0.3 is 0 Å². The summed E-state index contributed by atoms with van der Waals surface area (Å²) in [5.74, 6) is 0.894. The van der Waals surface area contributed by atoms with Crippen LogP contribution in [0.15, 0.2) is 22.8 Å². The summed E-state index contributed by atoms with van der Waals surface area (Å²) in [6, 6.07) is 3.82. The zero-order valence-electron chi connectivity index (χ0n) is 9.46. The van der Waals surface area contributed by atoms with Crippen LogP contribution in [-0.4, -0.2) is 11.9 Å². The summed E-state index contributed by atoms with van der Waals surface area (Å²) in [5, 5.41) is 0.991. The molecule has 86 valence electrons. The van der Waals surface area contributed by atoms with Crippen molar-refractivity contribution in [2.75, 3.05) is 11.9 Å². The molecule has 0 aliphatic heterocycles. The lowest BCUT2D eigenvalue weighted by Crippen LogP contribution is -2.27. The minimum Gasteiger partial charge on any atom is -0.467 e. The summed E-state index contributed by atoms with van der Waals surface area (Å²) in [6.07, 6.45) is 3.94. The lowest BCUT2D eigenvalue weighted by Gasteiger charge is -2.28. The molecule has 0 amide bonds. The summed E-state index contributed by atoms with van der Waals surface area (Å²) in [5.41, 5.74) is 0.270. The summed E-state index contributed by atoms with van der Waals surface area (Å²) in [7, 11) is 0. The Bertz CT molecular complexity index is 244. The molecule has 0 fully saturated rings. The third-order valence-electron chi connectivity index (χ3n) is 3.02. The van der Waals surface area contributed by atoms with E-state index in [1.54, 1.807) is 6.26 Å². The van der Waals surface area contributed by atoms with E-state index in [1.807, 2.05) is 12.1 Å². The standard InChI is InChI=1S/C12H19BrO2/c1-3-12(4-2,9-13)10-14-8-11-6-5-7-15-11/h5-7H,3-4,8-10H2,1-2H3. The van der Waals surface area contributed by atoms with E-state index in [0.29, 0.717) is 6.61 Å². The van der Waals surface area contributed by atoms with Gasteiger partial charge in [-0.15, -0.1) is 0 Å². The number of ether oxygens (including phenoxy) is 1. The monoisotopic (exact) mass is 274 g/mol. The highest BCUT2D eigenvalue weighted by molar-refractivity contribution is 9.09. The van der Waals surface area contributed by atoms with Crippen LogP contribution < -0.4 is 0 Å². The molecule has 1 heterocycles. The zero-order valence-corrected chi connectivity index (χ0v) is 11.0. The van der Waals surface area contributed by atoms with E-state index >= 15 is 0 Å². The van der Waals surface area contributed by atoms with Crippen molar-refractivity contribution in [3.63, 3.8) is 0 Å². The van der Waals surface area contributed by atoms with Gasteiger partial charge in [0.05, 0.1) is 12.9 Å². The number of hydrogen-bond acceptors (Lipinski definition) is 2. The minimum absolute atomic E-state index is 0.270. The zero-order chi connectivity index (χ0) is 11.1. The number of furan rings is 1. The van der Waals surface area contributed by atoms with Crippen molar-refractivity contribution in [1.29, 1.82) is 0 Å². The first-order valence-electron chi connectivity index (χ1n) is 5.42. The van der Waals surface area contributed by atoms with Gasteiger partial charge in [0, 0.05) is 10.7 Å². The second kappa shape index (κ2) is 6.33. The van der Waals surface area contributed by atoms with E-state index in [1.165, 1.54) is 0 Å². The molecule has 2 nitrogen and oxygen atoms in total. The summed E-state index contributed by atoms with van der Waals surface area (Å²) in [6.45, 7) is 5.77. The van der Waals surface area contributed by atoms with Crippen molar-refractivity contribution in [3.05, 3.63) is 24.2 Å². The summed E-state index contributed by atoms with van der Waals surface area (Å²) < 4.78 is 10.9. The van der Waals surface area contributed by atoms with Crippen molar-refractivity contribution in [1.82, 2.24) is 0 Å². The topological polar surface area (TPSA) is 22.4 Å². The molecule has 0 aliphatic rings. The van der Waals surface area contributed by atoms with Crippen LogP contribution in [0.3, 0.4) is 0 Å².